The summed E-state index contributed by atoms with van der Waals surface area (Å²) >= 11 is 5.88. The third kappa shape index (κ3) is 3.75. The molecule has 0 atom stereocenters. The zero-order chi connectivity index (χ0) is 15.6. The van der Waals surface area contributed by atoms with Crippen LogP contribution in [-0.2, 0) is 6.18 Å². The number of aromatic nitrogens is 2. The van der Waals surface area contributed by atoms with E-state index in [1.54, 1.807) is 18.2 Å². The minimum atomic E-state index is -4.55. The topological polar surface area (TPSA) is 49.8 Å². The molecule has 1 heterocycles. The molecule has 0 bridgehead atoms. The number of hydrogen-bond donors (Lipinski definition) is 2. The van der Waals surface area contributed by atoms with Gasteiger partial charge in [0.2, 0.25) is 5.95 Å². The highest BCUT2D eigenvalue weighted by molar-refractivity contribution is 6.30. The van der Waals surface area contributed by atoms with Crippen molar-refractivity contribution in [2.24, 2.45) is 0 Å². The van der Waals surface area contributed by atoms with E-state index in [9.17, 15) is 13.2 Å². The quantitative estimate of drug-likeness (QED) is 0.889. The van der Waals surface area contributed by atoms with Gasteiger partial charge in [-0.2, -0.15) is 18.2 Å². The van der Waals surface area contributed by atoms with E-state index in [0.29, 0.717) is 10.7 Å². The molecule has 0 aliphatic rings. The maximum absolute atomic E-state index is 12.8. The lowest BCUT2D eigenvalue weighted by Crippen LogP contribution is -2.12. The van der Waals surface area contributed by atoms with E-state index < -0.39 is 11.9 Å². The standard InChI is InChI=1S/C13H12ClF3N4/c1-7-3-4-8(14)5-9(7)19-11-6-10(13(15,16)17)20-12(18-2)21-11/h3-6H,1-2H3,(H2,18,19,20,21). The van der Waals surface area contributed by atoms with Crippen molar-refractivity contribution < 1.29 is 13.2 Å². The third-order valence-corrected chi connectivity index (χ3v) is 2.94. The van der Waals surface area contributed by atoms with Crippen LogP contribution in [0.2, 0.25) is 5.02 Å². The van der Waals surface area contributed by atoms with Crippen LogP contribution in [0, 0.1) is 6.92 Å². The predicted molar refractivity (Wildman–Crippen MR) is 76.1 cm³/mol. The summed E-state index contributed by atoms with van der Waals surface area (Å²) in [6.45, 7) is 1.81. The normalized spacial score (nSPS) is 11.3. The molecule has 0 amide bonds. The molecule has 1 aromatic carbocycles. The summed E-state index contributed by atoms with van der Waals surface area (Å²) < 4.78 is 38.4. The molecule has 2 N–H and O–H groups in total. The fourth-order valence-electron chi connectivity index (χ4n) is 1.64. The molecular formula is C13H12ClF3N4. The van der Waals surface area contributed by atoms with Gasteiger partial charge in [0.15, 0.2) is 5.69 Å². The maximum atomic E-state index is 12.8. The lowest BCUT2D eigenvalue weighted by molar-refractivity contribution is -0.141. The minimum Gasteiger partial charge on any atom is -0.357 e. The summed E-state index contributed by atoms with van der Waals surface area (Å²) in [5.41, 5.74) is 0.387. The number of alkyl halides is 3. The van der Waals surface area contributed by atoms with E-state index in [2.05, 4.69) is 20.6 Å². The Kier molecular flexibility index (Phi) is 4.22. The van der Waals surface area contributed by atoms with Crippen molar-refractivity contribution in [2.75, 3.05) is 17.7 Å². The van der Waals surface area contributed by atoms with E-state index >= 15 is 0 Å². The number of rotatable bonds is 3. The van der Waals surface area contributed by atoms with Gasteiger partial charge < -0.3 is 10.6 Å². The smallest absolute Gasteiger partial charge is 0.357 e. The SMILES string of the molecule is CNc1nc(Nc2cc(Cl)ccc2C)cc(C(F)(F)F)n1. The maximum Gasteiger partial charge on any atom is 0.433 e. The van der Waals surface area contributed by atoms with Gasteiger partial charge in [-0.1, -0.05) is 17.7 Å². The van der Waals surface area contributed by atoms with Crippen molar-refractivity contribution >= 4 is 29.1 Å². The second-order valence-electron chi connectivity index (χ2n) is 4.29. The van der Waals surface area contributed by atoms with Gasteiger partial charge >= 0.3 is 6.18 Å². The number of anilines is 3. The van der Waals surface area contributed by atoms with Crippen LogP contribution in [0.5, 0.6) is 0 Å². The highest BCUT2D eigenvalue weighted by atomic mass is 35.5. The summed E-state index contributed by atoms with van der Waals surface area (Å²) in [4.78, 5) is 7.35. The van der Waals surface area contributed by atoms with Gasteiger partial charge in [0.25, 0.3) is 0 Å². The molecule has 0 radical (unpaired) electrons. The van der Waals surface area contributed by atoms with E-state index in [1.165, 1.54) is 7.05 Å². The first-order valence-corrected chi connectivity index (χ1v) is 6.34. The molecule has 0 fully saturated rings. The second-order valence-corrected chi connectivity index (χ2v) is 4.73. The van der Waals surface area contributed by atoms with Crippen molar-refractivity contribution in [3.63, 3.8) is 0 Å². The summed E-state index contributed by atoms with van der Waals surface area (Å²) in [7, 11) is 1.45. The Balaban J connectivity index is 2.42. The van der Waals surface area contributed by atoms with Crippen LogP contribution >= 0.6 is 11.6 Å². The fourth-order valence-corrected chi connectivity index (χ4v) is 1.81. The van der Waals surface area contributed by atoms with Crippen LogP contribution < -0.4 is 10.6 Å². The molecule has 112 valence electrons. The van der Waals surface area contributed by atoms with E-state index in [4.69, 9.17) is 11.6 Å². The zero-order valence-electron chi connectivity index (χ0n) is 11.2. The van der Waals surface area contributed by atoms with Crippen molar-refractivity contribution in [3.8, 4) is 0 Å². The van der Waals surface area contributed by atoms with Gasteiger partial charge in [0.1, 0.15) is 5.82 Å². The Morgan fingerprint density at radius 1 is 1.14 bits per heavy atom. The number of benzene rings is 1. The Bertz CT molecular complexity index is 658. The summed E-state index contributed by atoms with van der Waals surface area (Å²) in [5, 5.41) is 5.80. The lowest BCUT2D eigenvalue weighted by Gasteiger charge is -2.13. The van der Waals surface area contributed by atoms with Crippen molar-refractivity contribution in [1.82, 2.24) is 9.97 Å². The Morgan fingerprint density at radius 2 is 1.86 bits per heavy atom. The van der Waals surface area contributed by atoms with Crippen LogP contribution in [-0.4, -0.2) is 17.0 Å². The summed E-state index contributed by atoms with van der Waals surface area (Å²) in [5.74, 6) is -0.0842. The lowest BCUT2D eigenvalue weighted by atomic mass is 10.2. The molecule has 0 unspecified atom stereocenters. The van der Waals surface area contributed by atoms with Gasteiger partial charge in [-0.25, -0.2) is 4.98 Å². The molecule has 2 aromatic rings. The van der Waals surface area contributed by atoms with Crippen LogP contribution in [0.15, 0.2) is 24.3 Å². The fraction of sp³-hybridized carbons (Fsp3) is 0.231. The summed E-state index contributed by atoms with van der Waals surface area (Å²) in [6.07, 6.45) is -4.55. The Labute approximate surface area is 124 Å². The average molecular weight is 317 g/mol. The molecule has 1 aromatic heterocycles. The molecule has 0 saturated carbocycles. The molecule has 0 saturated heterocycles. The minimum absolute atomic E-state index is 0.0343. The average Bonchev–Trinajstić information content (AvgIpc) is 2.41. The molecule has 2 rings (SSSR count). The van der Waals surface area contributed by atoms with Crippen LogP contribution in [0.1, 0.15) is 11.3 Å². The van der Waals surface area contributed by atoms with E-state index in [0.717, 1.165) is 11.6 Å². The number of nitrogens with one attached hydrogen (secondary N) is 2. The third-order valence-electron chi connectivity index (χ3n) is 2.70. The molecule has 0 spiro atoms. The Morgan fingerprint density at radius 3 is 2.48 bits per heavy atom. The molecule has 8 heteroatoms. The van der Waals surface area contributed by atoms with Gasteiger partial charge in [-0.15, -0.1) is 0 Å². The molecular weight excluding hydrogens is 305 g/mol. The monoisotopic (exact) mass is 316 g/mol. The Hall–Kier alpha value is -2.02. The highest BCUT2D eigenvalue weighted by Gasteiger charge is 2.33. The van der Waals surface area contributed by atoms with E-state index in [1.807, 2.05) is 6.92 Å². The summed E-state index contributed by atoms with van der Waals surface area (Å²) in [6, 6.07) is 5.92. The van der Waals surface area contributed by atoms with Crippen molar-refractivity contribution in [2.45, 2.75) is 13.1 Å². The van der Waals surface area contributed by atoms with Crippen LogP contribution in [0.4, 0.5) is 30.6 Å². The second kappa shape index (κ2) is 5.77. The number of aryl methyl sites for hydroxylation is 1. The molecule has 0 aliphatic heterocycles. The van der Waals surface area contributed by atoms with Gasteiger partial charge in [-0.3, -0.25) is 0 Å². The van der Waals surface area contributed by atoms with Crippen LogP contribution in [0.3, 0.4) is 0 Å². The van der Waals surface area contributed by atoms with Crippen LogP contribution in [0.25, 0.3) is 0 Å². The largest absolute Gasteiger partial charge is 0.433 e. The molecule has 21 heavy (non-hydrogen) atoms. The first-order valence-electron chi connectivity index (χ1n) is 5.97. The van der Waals surface area contributed by atoms with Gasteiger partial charge in [0, 0.05) is 23.8 Å². The molecule has 4 nitrogen and oxygen atoms in total. The first kappa shape index (κ1) is 15.4. The molecule has 0 aliphatic carbocycles. The number of halogens is 4. The number of nitrogens with zero attached hydrogens (tertiary/aromatic N) is 2. The van der Waals surface area contributed by atoms with Gasteiger partial charge in [0.05, 0.1) is 0 Å². The van der Waals surface area contributed by atoms with Crippen molar-refractivity contribution in [1.29, 1.82) is 0 Å². The first-order chi connectivity index (χ1) is 9.79. The van der Waals surface area contributed by atoms with E-state index in [-0.39, 0.29) is 11.8 Å². The highest BCUT2D eigenvalue weighted by Crippen LogP contribution is 2.31. The van der Waals surface area contributed by atoms with Gasteiger partial charge in [-0.05, 0) is 24.6 Å². The zero-order valence-corrected chi connectivity index (χ0v) is 12.0. The number of hydrogen-bond acceptors (Lipinski definition) is 4. The van der Waals surface area contributed by atoms with Crippen molar-refractivity contribution in [3.05, 3.63) is 40.5 Å². The predicted octanol–water partition coefficient (Wildman–Crippen LogP) is 4.24.